The van der Waals surface area contributed by atoms with Gasteiger partial charge in [0, 0.05) is 18.6 Å². The summed E-state index contributed by atoms with van der Waals surface area (Å²) in [6.45, 7) is 7.83. The number of amides is 4. The quantitative estimate of drug-likeness (QED) is 0.237. The van der Waals surface area contributed by atoms with E-state index in [9.17, 15) is 14.4 Å². The first-order valence-corrected chi connectivity index (χ1v) is 14.2. The average Bonchev–Trinajstić information content (AvgIpc) is 3.27. The van der Waals surface area contributed by atoms with Crippen molar-refractivity contribution in [2.45, 2.75) is 116 Å². The molecule has 3 unspecified atom stereocenters. The molecular formula is C30H47FmN4O5-. The molecule has 10 heteroatoms. The predicted octanol–water partition coefficient (Wildman–Crippen LogP) is 3.77. The Morgan fingerprint density at radius 3 is 2.12 bits per heavy atom. The van der Waals surface area contributed by atoms with E-state index in [2.05, 4.69) is 40.6 Å². The van der Waals surface area contributed by atoms with Gasteiger partial charge in [0.05, 0.1) is 0 Å². The van der Waals surface area contributed by atoms with Gasteiger partial charge in [-0.25, -0.2) is 4.79 Å². The topological polar surface area (TPSA) is 131 Å². The molecule has 2 fully saturated rings. The van der Waals surface area contributed by atoms with E-state index < -0.39 is 17.7 Å². The van der Waals surface area contributed by atoms with Crippen LogP contribution in [0.2, 0.25) is 0 Å². The molecule has 1 aliphatic heterocycles. The summed E-state index contributed by atoms with van der Waals surface area (Å²) in [6, 6.07) is 8.16. The summed E-state index contributed by atoms with van der Waals surface area (Å²) in [4.78, 5) is 46.5. The first-order chi connectivity index (χ1) is 18.6. The van der Waals surface area contributed by atoms with Crippen LogP contribution in [-0.2, 0) is 32.0 Å². The van der Waals surface area contributed by atoms with Crippen molar-refractivity contribution in [3.8, 4) is 0 Å². The van der Waals surface area contributed by atoms with Crippen LogP contribution < -0.4 is 16.4 Å². The van der Waals surface area contributed by atoms with Gasteiger partial charge < -0.3 is 30.8 Å². The SMILES string of the molecule is CC1CC(N[C-]=O)CN1C(=O)C(NC(=O)OC(C)(C)C)C1CCCCC1.NC=O.[Fm].c1ccc2c(c1)CCCC2. The first-order valence-electron chi connectivity index (χ1n) is 14.2. The van der Waals surface area contributed by atoms with Crippen molar-refractivity contribution in [3.63, 3.8) is 0 Å². The van der Waals surface area contributed by atoms with Crippen molar-refractivity contribution in [1.29, 1.82) is 0 Å². The van der Waals surface area contributed by atoms with Gasteiger partial charge in [-0.3, -0.25) is 9.59 Å². The summed E-state index contributed by atoms with van der Waals surface area (Å²) < 4.78 is 5.37. The van der Waals surface area contributed by atoms with Gasteiger partial charge in [-0.2, -0.15) is 6.41 Å². The number of primary amides is 1. The van der Waals surface area contributed by atoms with Crippen molar-refractivity contribution in [3.05, 3.63) is 35.4 Å². The molecule has 1 aromatic carbocycles. The molecule has 3 atom stereocenters. The van der Waals surface area contributed by atoms with Gasteiger partial charge in [0.15, 0.2) is 0 Å². The molecule has 230 valence electrons. The molecule has 1 aromatic rings. The number of ether oxygens (including phenoxy) is 1. The fourth-order valence-electron chi connectivity index (χ4n) is 5.66. The standard InChI is InChI=1S/C19H32N3O4.C10H12.CH3NO.Fm/c1-13-10-15(20-12-23)11-22(13)17(24)16(14-8-6-5-7-9-14)21-18(25)26-19(2,3)4;1-2-6-10-8-4-3-7-9(10)5-1;2-1-3;/h13-16H,5-11H2,1-4H3,(H,20,23)(H,21,25);1-2,5-6H,3-4,7-8H2;1H,(H2,2,3);/q-1;;;. The van der Waals surface area contributed by atoms with Gasteiger partial charge in [-0.05, 0) is 89.7 Å². The van der Waals surface area contributed by atoms with Crippen LogP contribution >= 0.6 is 0 Å². The van der Waals surface area contributed by atoms with E-state index in [1.165, 1.54) is 32.1 Å². The zero-order valence-electron chi connectivity index (χ0n) is 24.3. The molecular weight excluding hydrogens is 753 g/mol. The van der Waals surface area contributed by atoms with Crippen LogP contribution in [-0.4, -0.2) is 60.0 Å². The molecule has 40 heavy (non-hydrogen) atoms. The maximum Gasteiger partial charge on any atom is 0.408 e. The minimum absolute atomic E-state index is 0. The molecule has 4 amide bonds. The van der Waals surface area contributed by atoms with Crippen LogP contribution in [0.3, 0.4) is 0 Å². The second-order valence-electron chi connectivity index (χ2n) is 11.7. The van der Waals surface area contributed by atoms with E-state index in [1.807, 2.05) is 6.92 Å². The number of alkyl carbamates (subject to hydrolysis) is 1. The minimum atomic E-state index is -0.611. The number of nitrogens with one attached hydrogen (secondary N) is 2. The van der Waals surface area contributed by atoms with E-state index in [0.717, 1.165) is 25.7 Å². The zero-order valence-corrected chi connectivity index (χ0v) is 26.7. The molecule has 0 radical (unpaired) electrons. The first kappa shape index (κ1) is 33.9. The third-order valence-corrected chi connectivity index (χ3v) is 7.44. The number of hydrogen-bond acceptors (Lipinski definition) is 5. The summed E-state index contributed by atoms with van der Waals surface area (Å²) in [5.41, 5.74) is 6.71. The van der Waals surface area contributed by atoms with Gasteiger partial charge in [0.2, 0.25) is 12.3 Å². The van der Waals surface area contributed by atoms with E-state index in [-0.39, 0.29) is 30.3 Å². The Kier molecular flexibility index (Phi) is 14.2. The molecule has 1 saturated heterocycles. The molecule has 9 nitrogen and oxygen atoms in total. The van der Waals surface area contributed by atoms with Crippen LogP contribution in [0, 0.1) is 5.92 Å². The van der Waals surface area contributed by atoms with Gasteiger partial charge in [-0.15, -0.1) is 0 Å². The number of fused-ring (bicyclic) bond motifs is 1. The van der Waals surface area contributed by atoms with E-state index in [4.69, 9.17) is 9.53 Å². The fraction of sp³-hybridized carbons (Fsp3) is 0.667. The molecule has 4 rings (SSSR count). The Morgan fingerprint density at radius 1 is 1.07 bits per heavy atom. The smallest absolute Gasteiger partial charge is 0.408 e. The van der Waals surface area contributed by atoms with Crippen molar-refractivity contribution in [2.24, 2.45) is 11.7 Å². The van der Waals surface area contributed by atoms with E-state index in [1.54, 1.807) is 43.2 Å². The molecule has 2 aliphatic carbocycles. The number of likely N-dealkylation sites (tertiary alicyclic amines) is 1. The van der Waals surface area contributed by atoms with Gasteiger partial charge >= 0.3 is 6.09 Å². The van der Waals surface area contributed by atoms with Crippen LogP contribution in [0.4, 0.5) is 4.79 Å². The molecule has 1 saturated carbocycles. The van der Waals surface area contributed by atoms with Crippen molar-refractivity contribution in [2.75, 3.05) is 6.54 Å². The Balaban J connectivity index is 0.000000470. The van der Waals surface area contributed by atoms with Crippen molar-refractivity contribution >= 4 is 24.8 Å². The van der Waals surface area contributed by atoms with Gasteiger partial charge in [-0.1, -0.05) is 43.5 Å². The maximum absolute atomic E-state index is 13.2. The van der Waals surface area contributed by atoms with Crippen LogP contribution in [0.5, 0.6) is 0 Å². The Labute approximate surface area is 233 Å². The monoisotopic (exact) mass is 800 g/mol. The largest absolute Gasteiger partial charge is 0.526 e. The van der Waals surface area contributed by atoms with E-state index in [0.29, 0.717) is 13.0 Å². The molecule has 0 bridgehead atoms. The van der Waals surface area contributed by atoms with Crippen molar-refractivity contribution < 1.29 is 23.9 Å². The Hall–Kier alpha value is -4.10. The molecule has 3 aliphatic rings. The van der Waals surface area contributed by atoms with Gasteiger partial charge in [0.1, 0.15) is 11.6 Å². The summed E-state index contributed by atoms with van der Waals surface area (Å²) in [5, 5.41) is 5.48. The number of rotatable bonds is 5. The molecule has 0 spiro atoms. The average molecular weight is 801 g/mol. The molecule has 0 aromatic heterocycles. The Morgan fingerprint density at radius 2 is 1.62 bits per heavy atom. The second-order valence-corrected chi connectivity index (χ2v) is 11.7. The number of nitrogens with zero attached hydrogens (tertiary/aromatic N) is 1. The number of carbonyl (C=O) groups is 3. The van der Waals surface area contributed by atoms with Crippen LogP contribution in [0.1, 0.15) is 90.2 Å². The normalized spacial score (nSPS) is 20.9. The molecule has 4 N–H and O–H groups in total. The van der Waals surface area contributed by atoms with Crippen molar-refractivity contribution in [1.82, 2.24) is 15.5 Å². The third kappa shape index (κ3) is 10.9. The summed E-state index contributed by atoms with van der Waals surface area (Å²) in [6.07, 6.45) is 12.7. The Bertz CT molecular complexity index is 908. The maximum atomic E-state index is 13.2. The fourth-order valence-corrected chi connectivity index (χ4v) is 5.66. The van der Waals surface area contributed by atoms with Gasteiger partial charge in [0.25, 0.3) is 0 Å². The van der Waals surface area contributed by atoms with Crippen LogP contribution in [0.15, 0.2) is 24.3 Å². The third-order valence-electron chi connectivity index (χ3n) is 7.44. The summed E-state index contributed by atoms with van der Waals surface area (Å²) in [7, 11) is 0. The number of benzene rings is 1. The second kappa shape index (κ2) is 16.8. The predicted molar refractivity (Wildman–Crippen MR) is 151 cm³/mol. The number of aryl methyl sites for hydroxylation is 2. The zero-order chi connectivity index (χ0) is 28.8. The minimum Gasteiger partial charge on any atom is -0.526 e. The van der Waals surface area contributed by atoms with E-state index >= 15 is 0 Å². The summed E-state index contributed by atoms with van der Waals surface area (Å²) >= 11 is 0. The van der Waals surface area contributed by atoms with Crippen LogP contribution in [0.25, 0.3) is 0 Å². The number of carbonyl (C=O) groups excluding carboxylic acids is 4. The molecule has 1 heterocycles. The number of nitrogens with two attached hydrogens (primary N) is 1. The summed E-state index contributed by atoms with van der Waals surface area (Å²) in [5.74, 6) is 0.0473. The number of hydrogen-bond donors (Lipinski definition) is 3.